The molecular formula is C26H26F4N4O5. The normalized spacial score (nSPS) is 12.5. The molecule has 1 aromatic carbocycles. The van der Waals surface area contributed by atoms with Gasteiger partial charge in [0.15, 0.2) is 18.2 Å². The number of benzene rings is 1. The highest BCUT2D eigenvalue weighted by Gasteiger charge is 2.38. The molecule has 13 heteroatoms. The molecule has 0 saturated heterocycles. The van der Waals surface area contributed by atoms with Crippen LogP contribution in [0.3, 0.4) is 0 Å². The van der Waals surface area contributed by atoms with Crippen LogP contribution in [-0.2, 0) is 16.0 Å². The van der Waals surface area contributed by atoms with Gasteiger partial charge in [0.2, 0.25) is 0 Å². The van der Waals surface area contributed by atoms with Gasteiger partial charge in [0.25, 0.3) is 11.8 Å². The van der Waals surface area contributed by atoms with Gasteiger partial charge in [0.1, 0.15) is 0 Å². The molecule has 208 valence electrons. The molecule has 4 rings (SSSR count). The number of aromatic nitrogens is 2. The Morgan fingerprint density at radius 2 is 1.79 bits per heavy atom. The van der Waals surface area contributed by atoms with Gasteiger partial charge in [-0.2, -0.15) is 13.2 Å². The number of carbonyl (C=O) groups excluding carboxylic acids is 2. The van der Waals surface area contributed by atoms with Crippen molar-refractivity contribution in [3.05, 3.63) is 59.7 Å². The first-order valence-electron chi connectivity index (χ1n) is 11.9. The van der Waals surface area contributed by atoms with E-state index in [2.05, 4.69) is 15.3 Å². The average Bonchev–Trinajstić information content (AvgIpc) is 3.34. The number of likely N-dealkylation sites (N-methyl/N-ethyl adjacent to an activating group) is 1. The van der Waals surface area contributed by atoms with E-state index < -0.39 is 18.0 Å². The molecule has 3 heterocycles. The van der Waals surface area contributed by atoms with E-state index in [1.165, 1.54) is 12.1 Å². The van der Waals surface area contributed by atoms with Crippen LogP contribution in [0, 0.1) is 5.82 Å². The summed E-state index contributed by atoms with van der Waals surface area (Å²) in [7, 11) is 0. The van der Waals surface area contributed by atoms with Gasteiger partial charge in [-0.25, -0.2) is 9.18 Å². The number of ether oxygens (including phenoxy) is 1. The number of halogens is 4. The van der Waals surface area contributed by atoms with E-state index in [1.807, 2.05) is 32.0 Å². The molecule has 2 aromatic heterocycles. The lowest BCUT2D eigenvalue weighted by molar-refractivity contribution is -0.192. The SMILES string of the molecule is CCN(CC)C(=O)COc1ccc(-c2cc(-c3cc4c([nH]3)CCNC4=O)ccn2)cc1F.O=C(O)C(F)(F)F. The van der Waals surface area contributed by atoms with E-state index in [1.54, 1.807) is 17.2 Å². The molecular weight excluding hydrogens is 524 g/mol. The highest BCUT2D eigenvalue weighted by atomic mass is 19.4. The summed E-state index contributed by atoms with van der Waals surface area (Å²) in [5.41, 5.74) is 4.39. The van der Waals surface area contributed by atoms with E-state index in [0.29, 0.717) is 36.5 Å². The first-order chi connectivity index (χ1) is 18.4. The lowest BCUT2D eigenvalue weighted by atomic mass is 10.1. The first kappa shape index (κ1) is 29.1. The number of alkyl halides is 3. The molecule has 9 nitrogen and oxygen atoms in total. The maximum Gasteiger partial charge on any atom is 0.490 e. The zero-order valence-electron chi connectivity index (χ0n) is 21.1. The minimum Gasteiger partial charge on any atom is -0.481 e. The Hall–Kier alpha value is -4.42. The topological polar surface area (TPSA) is 125 Å². The quantitative estimate of drug-likeness (QED) is 0.382. The number of H-pyrrole nitrogens is 1. The van der Waals surface area contributed by atoms with Crippen LogP contribution in [0.15, 0.2) is 42.6 Å². The Kier molecular flexibility index (Phi) is 9.28. The summed E-state index contributed by atoms with van der Waals surface area (Å²) in [6, 6.07) is 10.1. The second-order valence-electron chi connectivity index (χ2n) is 8.31. The van der Waals surface area contributed by atoms with Crippen molar-refractivity contribution in [2.75, 3.05) is 26.2 Å². The summed E-state index contributed by atoms with van der Waals surface area (Å²) >= 11 is 0. The summed E-state index contributed by atoms with van der Waals surface area (Å²) in [5, 5.41) is 9.96. The van der Waals surface area contributed by atoms with Gasteiger partial charge < -0.3 is 25.0 Å². The Balaban J connectivity index is 0.000000532. The Labute approximate surface area is 220 Å². The first-order valence-corrected chi connectivity index (χ1v) is 11.9. The standard InChI is InChI=1S/C24H25FN4O3.C2HF3O2/c1-3-29(4-2)23(30)14-32-22-6-5-15(11-18(22)25)20-12-16(7-9-26-20)21-13-17-19(28-21)8-10-27-24(17)31;3-2(4,5)1(6)7/h5-7,9,11-13,28H,3-4,8,10,14H2,1-2H3,(H,27,31);(H,6,7). The lowest BCUT2D eigenvalue weighted by Gasteiger charge is -2.18. The smallest absolute Gasteiger partial charge is 0.481 e. The van der Waals surface area contributed by atoms with Gasteiger partial charge in [-0.15, -0.1) is 0 Å². The number of fused-ring (bicyclic) bond motifs is 1. The Morgan fingerprint density at radius 3 is 2.38 bits per heavy atom. The number of pyridine rings is 1. The number of carboxylic acid groups (broad SMARTS) is 1. The molecule has 0 bridgehead atoms. The fourth-order valence-electron chi connectivity index (χ4n) is 3.79. The minimum absolute atomic E-state index is 0.0217. The maximum absolute atomic E-state index is 14.6. The summed E-state index contributed by atoms with van der Waals surface area (Å²) in [5.74, 6) is -3.56. The number of carboxylic acids is 1. The van der Waals surface area contributed by atoms with E-state index in [4.69, 9.17) is 14.6 Å². The molecule has 0 fully saturated rings. The summed E-state index contributed by atoms with van der Waals surface area (Å²) in [4.78, 5) is 42.3. The van der Waals surface area contributed by atoms with Crippen LogP contribution in [0.2, 0.25) is 0 Å². The number of nitrogens with one attached hydrogen (secondary N) is 2. The number of hydrogen-bond acceptors (Lipinski definition) is 5. The zero-order chi connectivity index (χ0) is 28.7. The number of aromatic amines is 1. The third kappa shape index (κ3) is 7.33. The number of nitrogens with zero attached hydrogens (tertiary/aromatic N) is 2. The van der Waals surface area contributed by atoms with Crippen molar-refractivity contribution in [3.8, 4) is 28.3 Å². The number of hydrogen-bond donors (Lipinski definition) is 3. The lowest BCUT2D eigenvalue weighted by Crippen LogP contribution is -2.34. The van der Waals surface area contributed by atoms with Crippen molar-refractivity contribution < 1.29 is 41.8 Å². The number of aliphatic carboxylic acids is 1. The van der Waals surface area contributed by atoms with Crippen LogP contribution >= 0.6 is 0 Å². The second-order valence-corrected chi connectivity index (χ2v) is 8.31. The minimum atomic E-state index is -5.08. The molecule has 3 aromatic rings. The molecule has 0 atom stereocenters. The van der Waals surface area contributed by atoms with Crippen LogP contribution < -0.4 is 10.1 Å². The third-order valence-corrected chi connectivity index (χ3v) is 5.81. The monoisotopic (exact) mass is 550 g/mol. The van der Waals surface area contributed by atoms with Gasteiger partial charge in [-0.3, -0.25) is 14.6 Å². The van der Waals surface area contributed by atoms with Crippen molar-refractivity contribution in [1.82, 2.24) is 20.2 Å². The van der Waals surface area contributed by atoms with Crippen molar-refractivity contribution >= 4 is 17.8 Å². The van der Waals surface area contributed by atoms with Crippen LogP contribution in [0.4, 0.5) is 17.6 Å². The van der Waals surface area contributed by atoms with Gasteiger partial charge in [0.05, 0.1) is 11.3 Å². The molecule has 0 spiro atoms. The highest BCUT2D eigenvalue weighted by molar-refractivity contribution is 5.97. The molecule has 1 aliphatic rings. The molecule has 39 heavy (non-hydrogen) atoms. The third-order valence-electron chi connectivity index (χ3n) is 5.81. The van der Waals surface area contributed by atoms with E-state index in [-0.39, 0.29) is 24.2 Å². The Morgan fingerprint density at radius 1 is 1.10 bits per heavy atom. The Bertz CT molecular complexity index is 1350. The fraction of sp³-hybridized carbons (Fsp3) is 0.308. The van der Waals surface area contributed by atoms with E-state index in [0.717, 1.165) is 23.4 Å². The number of carbonyl (C=O) groups is 3. The highest BCUT2D eigenvalue weighted by Crippen LogP contribution is 2.29. The number of rotatable bonds is 7. The predicted octanol–water partition coefficient (Wildman–Crippen LogP) is 4.05. The average molecular weight is 551 g/mol. The summed E-state index contributed by atoms with van der Waals surface area (Å²) in [6.45, 7) is 5.33. The second kappa shape index (κ2) is 12.4. The largest absolute Gasteiger partial charge is 0.490 e. The van der Waals surface area contributed by atoms with Gasteiger partial charge in [-0.1, -0.05) is 0 Å². The molecule has 0 unspecified atom stereocenters. The predicted molar refractivity (Wildman–Crippen MR) is 133 cm³/mol. The van der Waals surface area contributed by atoms with Crippen LogP contribution in [0.5, 0.6) is 5.75 Å². The molecule has 0 saturated carbocycles. The van der Waals surface area contributed by atoms with Crippen LogP contribution in [0.1, 0.15) is 29.9 Å². The molecule has 3 N–H and O–H groups in total. The van der Waals surface area contributed by atoms with Gasteiger partial charge >= 0.3 is 12.1 Å². The zero-order valence-corrected chi connectivity index (χ0v) is 21.1. The van der Waals surface area contributed by atoms with Crippen molar-refractivity contribution in [3.63, 3.8) is 0 Å². The van der Waals surface area contributed by atoms with Gasteiger partial charge in [-0.05, 0) is 50.2 Å². The fourth-order valence-corrected chi connectivity index (χ4v) is 3.79. The number of amides is 2. The van der Waals surface area contributed by atoms with Crippen LogP contribution in [-0.4, -0.2) is 70.2 Å². The van der Waals surface area contributed by atoms with Crippen LogP contribution in [0.25, 0.3) is 22.5 Å². The molecule has 2 amide bonds. The molecule has 0 aliphatic carbocycles. The summed E-state index contributed by atoms with van der Waals surface area (Å²) in [6.07, 6.45) is -2.68. The molecule has 0 radical (unpaired) electrons. The van der Waals surface area contributed by atoms with Crippen molar-refractivity contribution in [1.29, 1.82) is 0 Å². The van der Waals surface area contributed by atoms with E-state index in [9.17, 15) is 27.2 Å². The molecule has 1 aliphatic heterocycles. The van der Waals surface area contributed by atoms with Crippen molar-refractivity contribution in [2.45, 2.75) is 26.4 Å². The maximum atomic E-state index is 14.6. The van der Waals surface area contributed by atoms with E-state index >= 15 is 0 Å². The van der Waals surface area contributed by atoms with Gasteiger partial charge in [0, 0.05) is 54.8 Å². The summed E-state index contributed by atoms with van der Waals surface area (Å²) < 4.78 is 51.8. The van der Waals surface area contributed by atoms with Crippen molar-refractivity contribution in [2.24, 2.45) is 0 Å².